The largest absolute Gasteiger partial charge is 0.454 e. The van der Waals surface area contributed by atoms with Gasteiger partial charge in [-0.2, -0.15) is 0 Å². The van der Waals surface area contributed by atoms with Crippen LogP contribution in [0.15, 0.2) is 42.5 Å². The molecule has 3 aliphatic rings. The van der Waals surface area contributed by atoms with Crippen LogP contribution >= 0.6 is 0 Å². The van der Waals surface area contributed by atoms with Gasteiger partial charge in [0.15, 0.2) is 18.0 Å². The lowest BCUT2D eigenvalue weighted by Gasteiger charge is -2.29. The number of rotatable bonds is 6. The van der Waals surface area contributed by atoms with Gasteiger partial charge in [-0.1, -0.05) is 0 Å². The molecule has 3 heterocycles. The van der Waals surface area contributed by atoms with E-state index in [1.54, 1.807) is 4.90 Å². The SMILES string of the molecule is O=C(C[NH+]1CC[NH+](Cc2ccc3c(c2)OCO3)CC1)Nc1ccc(N2CCCC2)cc1. The van der Waals surface area contributed by atoms with Crippen molar-refractivity contribution in [3.05, 3.63) is 48.0 Å². The molecule has 2 aromatic carbocycles. The smallest absolute Gasteiger partial charge is 0.279 e. The molecule has 164 valence electrons. The van der Waals surface area contributed by atoms with E-state index in [4.69, 9.17) is 9.47 Å². The van der Waals surface area contributed by atoms with Crippen molar-refractivity contribution < 1.29 is 24.1 Å². The highest BCUT2D eigenvalue weighted by molar-refractivity contribution is 5.91. The van der Waals surface area contributed by atoms with Crippen LogP contribution in [0.25, 0.3) is 0 Å². The standard InChI is InChI=1S/C24H30N4O3/c29-24(25-20-4-6-21(7-5-20)28-9-1-2-10-28)17-27-13-11-26(12-14-27)16-19-3-8-22-23(15-19)31-18-30-22/h3-8,15H,1-2,9-14,16-18H2,(H,25,29)/p+2. The predicted octanol–water partition coefficient (Wildman–Crippen LogP) is -0.0624. The van der Waals surface area contributed by atoms with E-state index in [1.807, 2.05) is 18.2 Å². The Morgan fingerprint density at radius 2 is 1.61 bits per heavy atom. The lowest BCUT2D eigenvalue weighted by molar-refractivity contribution is -1.02. The molecule has 31 heavy (non-hydrogen) atoms. The molecule has 5 rings (SSSR count). The first-order valence-electron chi connectivity index (χ1n) is 11.4. The van der Waals surface area contributed by atoms with Crippen LogP contribution in [0.3, 0.4) is 0 Å². The molecule has 2 saturated heterocycles. The second kappa shape index (κ2) is 9.16. The minimum absolute atomic E-state index is 0.100. The summed E-state index contributed by atoms with van der Waals surface area (Å²) in [6.07, 6.45) is 2.54. The van der Waals surface area contributed by atoms with Gasteiger partial charge in [0.05, 0.1) is 0 Å². The third-order valence-electron chi connectivity index (χ3n) is 6.59. The second-order valence-corrected chi connectivity index (χ2v) is 8.83. The van der Waals surface area contributed by atoms with Crippen LogP contribution in [0.4, 0.5) is 11.4 Å². The Bertz CT molecular complexity index is 904. The van der Waals surface area contributed by atoms with E-state index in [2.05, 4.69) is 34.5 Å². The van der Waals surface area contributed by atoms with E-state index < -0.39 is 0 Å². The van der Waals surface area contributed by atoms with Crippen molar-refractivity contribution in [2.75, 3.05) is 62.8 Å². The molecule has 0 aliphatic carbocycles. The van der Waals surface area contributed by atoms with Gasteiger partial charge in [0, 0.05) is 30.0 Å². The second-order valence-electron chi connectivity index (χ2n) is 8.83. The van der Waals surface area contributed by atoms with Crippen molar-refractivity contribution in [1.29, 1.82) is 0 Å². The van der Waals surface area contributed by atoms with E-state index in [0.29, 0.717) is 13.3 Å². The van der Waals surface area contributed by atoms with Crippen molar-refractivity contribution in [3.63, 3.8) is 0 Å². The minimum atomic E-state index is 0.100. The third kappa shape index (κ3) is 4.94. The Morgan fingerprint density at radius 3 is 2.39 bits per heavy atom. The van der Waals surface area contributed by atoms with Crippen LogP contribution in [0.1, 0.15) is 18.4 Å². The summed E-state index contributed by atoms with van der Waals surface area (Å²) in [6, 6.07) is 14.5. The van der Waals surface area contributed by atoms with Crippen LogP contribution in [0, 0.1) is 0 Å². The van der Waals surface area contributed by atoms with Crippen molar-refractivity contribution in [1.82, 2.24) is 0 Å². The number of nitrogens with one attached hydrogen (secondary N) is 3. The first kappa shape index (κ1) is 20.2. The summed E-state index contributed by atoms with van der Waals surface area (Å²) in [6.45, 7) is 8.28. The van der Waals surface area contributed by atoms with Gasteiger partial charge in [0.2, 0.25) is 6.79 Å². The first-order valence-corrected chi connectivity index (χ1v) is 11.4. The lowest BCUT2D eigenvalue weighted by atomic mass is 10.1. The highest BCUT2D eigenvalue weighted by Gasteiger charge is 2.25. The van der Waals surface area contributed by atoms with Gasteiger partial charge in [-0.05, 0) is 55.3 Å². The van der Waals surface area contributed by atoms with Gasteiger partial charge in [0.25, 0.3) is 5.91 Å². The zero-order valence-electron chi connectivity index (χ0n) is 18.0. The van der Waals surface area contributed by atoms with Gasteiger partial charge in [-0.25, -0.2) is 0 Å². The number of piperazine rings is 1. The Kier molecular flexibility index (Phi) is 5.95. The topological polar surface area (TPSA) is 59.7 Å². The highest BCUT2D eigenvalue weighted by atomic mass is 16.7. The summed E-state index contributed by atoms with van der Waals surface area (Å²) < 4.78 is 10.9. The van der Waals surface area contributed by atoms with Crippen LogP contribution in [0.5, 0.6) is 11.5 Å². The minimum Gasteiger partial charge on any atom is -0.454 e. The molecular formula is C24H32N4O3+2. The number of nitrogens with zero attached hydrogens (tertiary/aromatic N) is 1. The number of fused-ring (bicyclic) bond motifs is 1. The van der Waals surface area contributed by atoms with Crippen LogP contribution < -0.4 is 29.5 Å². The summed E-state index contributed by atoms with van der Waals surface area (Å²) >= 11 is 0. The molecule has 1 amide bonds. The monoisotopic (exact) mass is 424 g/mol. The summed E-state index contributed by atoms with van der Waals surface area (Å²) in [7, 11) is 0. The molecule has 0 bridgehead atoms. The van der Waals surface area contributed by atoms with Crippen molar-refractivity contribution >= 4 is 17.3 Å². The number of hydrogen-bond donors (Lipinski definition) is 3. The normalized spacial score (nSPS) is 22.5. The lowest BCUT2D eigenvalue weighted by Crippen LogP contribution is -3.28. The molecule has 0 unspecified atom stereocenters. The van der Waals surface area contributed by atoms with Crippen LogP contribution in [-0.4, -0.2) is 58.5 Å². The molecule has 3 aliphatic heterocycles. The molecular weight excluding hydrogens is 392 g/mol. The Labute approximate surface area is 183 Å². The molecule has 0 atom stereocenters. The fraction of sp³-hybridized carbons (Fsp3) is 0.458. The maximum atomic E-state index is 12.5. The van der Waals surface area contributed by atoms with E-state index in [1.165, 1.54) is 29.0 Å². The fourth-order valence-corrected chi connectivity index (χ4v) is 4.81. The Morgan fingerprint density at radius 1 is 0.903 bits per heavy atom. The maximum Gasteiger partial charge on any atom is 0.279 e. The molecule has 2 fully saturated rings. The van der Waals surface area contributed by atoms with E-state index in [-0.39, 0.29) is 5.91 Å². The van der Waals surface area contributed by atoms with Crippen LogP contribution in [-0.2, 0) is 11.3 Å². The van der Waals surface area contributed by atoms with Gasteiger partial charge >= 0.3 is 0 Å². The zero-order chi connectivity index (χ0) is 21.0. The van der Waals surface area contributed by atoms with Gasteiger partial charge < -0.3 is 29.5 Å². The van der Waals surface area contributed by atoms with E-state index in [0.717, 1.165) is 63.0 Å². The van der Waals surface area contributed by atoms with E-state index in [9.17, 15) is 4.79 Å². The zero-order valence-corrected chi connectivity index (χ0v) is 18.0. The van der Waals surface area contributed by atoms with Crippen LogP contribution in [0.2, 0.25) is 0 Å². The molecule has 0 aromatic heterocycles. The molecule has 0 spiro atoms. The molecule has 7 heteroatoms. The Balaban J connectivity index is 1.06. The molecule has 2 aromatic rings. The quantitative estimate of drug-likeness (QED) is 0.608. The molecule has 7 nitrogen and oxygen atoms in total. The summed E-state index contributed by atoms with van der Waals surface area (Å²) in [5.41, 5.74) is 3.42. The molecule has 0 radical (unpaired) electrons. The number of carbonyl (C=O) groups is 1. The highest BCUT2D eigenvalue weighted by Crippen LogP contribution is 2.32. The average Bonchev–Trinajstić information content (AvgIpc) is 3.47. The van der Waals surface area contributed by atoms with E-state index >= 15 is 0 Å². The van der Waals surface area contributed by atoms with Gasteiger partial charge in [0.1, 0.15) is 32.7 Å². The van der Waals surface area contributed by atoms with Crippen molar-refractivity contribution in [2.24, 2.45) is 0 Å². The first-order chi connectivity index (χ1) is 15.2. The number of quaternary nitrogens is 2. The number of carbonyl (C=O) groups excluding carboxylic acids is 1. The Hall–Kier alpha value is -2.77. The van der Waals surface area contributed by atoms with Crippen molar-refractivity contribution in [2.45, 2.75) is 19.4 Å². The van der Waals surface area contributed by atoms with Gasteiger partial charge in [-0.15, -0.1) is 0 Å². The molecule has 3 N–H and O–H groups in total. The number of amides is 1. The number of benzene rings is 2. The summed E-state index contributed by atoms with van der Waals surface area (Å²) in [4.78, 5) is 17.8. The summed E-state index contributed by atoms with van der Waals surface area (Å²) in [5, 5.41) is 3.07. The van der Waals surface area contributed by atoms with Crippen molar-refractivity contribution in [3.8, 4) is 11.5 Å². The average molecular weight is 425 g/mol. The number of anilines is 2. The summed E-state index contributed by atoms with van der Waals surface area (Å²) in [5.74, 6) is 1.79. The molecule has 0 saturated carbocycles. The number of hydrogen-bond acceptors (Lipinski definition) is 4. The maximum absolute atomic E-state index is 12.5. The third-order valence-corrected chi connectivity index (χ3v) is 6.59. The number of ether oxygens (including phenoxy) is 2. The van der Waals surface area contributed by atoms with Gasteiger partial charge in [-0.3, -0.25) is 4.79 Å². The fourth-order valence-electron chi connectivity index (χ4n) is 4.81. The predicted molar refractivity (Wildman–Crippen MR) is 119 cm³/mol.